The maximum Gasteiger partial charge on any atom is 0.230 e. The Morgan fingerprint density at radius 1 is 1.40 bits per heavy atom. The Morgan fingerprint density at radius 2 is 2.10 bits per heavy atom. The number of aryl methyl sites for hydroxylation is 1. The molecule has 1 heterocycles. The number of piperidine rings is 1. The third-order valence-corrected chi connectivity index (χ3v) is 4.14. The molecule has 0 aromatic heterocycles. The number of halogens is 1. The summed E-state index contributed by atoms with van der Waals surface area (Å²) in [7, 11) is 0. The van der Waals surface area contributed by atoms with Gasteiger partial charge in [0.05, 0.1) is 11.1 Å². The van der Waals surface area contributed by atoms with E-state index in [-0.39, 0.29) is 17.1 Å². The molecule has 1 aliphatic heterocycles. The van der Waals surface area contributed by atoms with Gasteiger partial charge in [0.2, 0.25) is 5.91 Å². The van der Waals surface area contributed by atoms with E-state index in [9.17, 15) is 9.18 Å². The van der Waals surface area contributed by atoms with Crippen LogP contribution in [0.2, 0.25) is 0 Å². The highest BCUT2D eigenvalue weighted by atomic mass is 19.1. The van der Waals surface area contributed by atoms with Gasteiger partial charge in [0, 0.05) is 0 Å². The first-order chi connectivity index (χ1) is 9.57. The van der Waals surface area contributed by atoms with Crippen molar-refractivity contribution in [3.05, 3.63) is 29.6 Å². The van der Waals surface area contributed by atoms with E-state index in [1.54, 1.807) is 12.1 Å². The Hall–Kier alpha value is -1.42. The average Bonchev–Trinajstić information content (AvgIpc) is 2.44. The van der Waals surface area contributed by atoms with Gasteiger partial charge in [-0.15, -0.1) is 0 Å². The number of carbonyl (C=O) groups excluding carboxylic acids is 1. The average molecular weight is 278 g/mol. The maximum absolute atomic E-state index is 13.8. The highest BCUT2D eigenvalue weighted by Crippen LogP contribution is 2.35. The van der Waals surface area contributed by atoms with Crippen LogP contribution >= 0.6 is 0 Å². The molecule has 2 N–H and O–H groups in total. The van der Waals surface area contributed by atoms with Crippen LogP contribution in [-0.4, -0.2) is 19.0 Å². The Kier molecular flexibility index (Phi) is 4.76. The second-order valence-electron chi connectivity index (χ2n) is 5.72. The van der Waals surface area contributed by atoms with Crippen LogP contribution in [-0.2, 0) is 4.79 Å². The third-order valence-electron chi connectivity index (χ3n) is 4.14. The number of hydrogen-bond acceptors (Lipinski definition) is 2. The smallest absolute Gasteiger partial charge is 0.230 e. The Morgan fingerprint density at radius 3 is 2.75 bits per heavy atom. The lowest BCUT2D eigenvalue weighted by Gasteiger charge is -2.36. The molecule has 110 valence electrons. The second-order valence-corrected chi connectivity index (χ2v) is 5.72. The lowest BCUT2D eigenvalue weighted by atomic mass is 9.74. The first-order valence-corrected chi connectivity index (χ1v) is 7.36. The van der Waals surface area contributed by atoms with Gasteiger partial charge in [-0.1, -0.05) is 19.4 Å². The van der Waals surface area contributed by atoms with Gasteiger partial charge in [-0.25, -0.2) is 4.39 Å². The number of anilines is 1. The summed E-state index contributed by atoms with van der Waals surface area (Å²) in [5.74, 6) is -0.408. The van der Waals surface area contributed by atoms with E-state index in [1.165, 1.54) is 6.07 Å². The largest absolute Gasteiger partial charge is 0.323 e. The zero-order chi connectivity index (χ0) is 14.6. The van der Waals surface area contributed by atoms with Crippen LogP contribution < -0.4 is 10.6 Å². The van der Waals surface area contributed by atoms with Crippen LogP contribution in [0.25, 0.3) is 0 Å². The predicted molar refractivity (Wildman–Crippen MR) is 79.2 cm³/mol. The van der Waals surface area contributed by atoms with Crippen LogP contribution in [0.4, 0.5) is 10.1 Å². The summed E-state index contributed by atoms with van der Waals surface area (Å²) < 4.78 is 13.8. The molecular formula is C16H23FN2O. The highest BCUT2D eigenvalue weighted by molar-refractivity contribution is 5.95. The van der Waals surface area contributed by atoms with Gasteiger partial charge in [-0.05, 0) is 57.0 Å². The molecule has 1 saturated heterocycles. The number of amides is 1. The molecule has 0 atom stereocenters. The van der Waals surface area contributed by atoms with Crippen molar-refractivity contribution in [2.24, 2.45) is 5.41 Å². The molecule has 0 aliphatic carbocycles. The summed E-state index contributed by atoms with van der Waals surface area (Å²) in [5, 5.41) is 6.09. The van der Waals surface area contributed by atoms with E-state index in [1.807, 2.05) is 6.92 Å². The van der Waals surface area contributed by atoms with E-state index in [0.29, 0.717) is 5.69 Å². The van der Waals surface area contributed by atoms with Crippen LogP contribution in [0.1, 0.15) is 38.2 Å². The Balaban J connectivity index is 2.18. The molecule has 4 heteroatoms. The van der Waals surface area contributed by atoms with Crippen LogP contribution in [0, 0.1) is 18.2 Å². The molecule has 1 aromatic rings. The Labute approximate surface area is 120 Å². The SMILES string of the molecule is CCCC1(C(=O)Nc2cc(C)ccc2F)CCNCC1. The van der Waals surface area contributed by atoms with E-state index in [4.69, 9.17) is 0 Å². The summed E-state index contributed by atoms with van der Waals surface area (Å²) in [4.78, 5) is 12.6. The van der Waals surface area contributed by atoms with Crippen LogP contribution in [0.5, 0.6) is 0 Å². The molecule has 2 rings (SSSR count). The minimum Gasteiger partial charge on any atom is -0.323 e. The first-order valence-electron chi connectivity index (χ1n) is 7.36. The fourth-order valence-corrected chi connectivity index (χ4v) is 2.96. The summed E-state index contributed by atoms with van der Waals surface area (Å²) >= 11 is 0. The van der Waals surface area contributed by atoms with Crippen molar-refractivity contribution in [3.8, 4) is 0 Å². The zero-order valence-corrected chi connectivity index (χ0v) is 12.3. The maximum atomic E-state index is 13.8. The molecular weight excluding hydrogens is 255 g/mol. The number of hydrogen-bond donors (Lipinski definition) is 2. The van der Waals surface area contributed by atoms with E-state index < -0.39 is 0 Å². The number of rotatable bonds is 4. The van der Waals surface area contributed by atoms with E-state index in [0.717, 1.165) is 44.3 Å². The molecule has 0 unspecified atom stereocenters. The number of nitrogens with one attached hydrogen (secondary N) is 2. The van der Waals surface area contributed by atoms with E-state index >= 15 is 0 Å². The lowest BCUT2D eigenvalue weighted by molar-refractivity contribution is -0.127. The molecule has 0 spiro atoms. The van der Waals surface area contributed by atoms with Gasteiger partial charge < -0.3 is 10.6 Å². The van der Waals surface area contributed by atoms with Crippen molar-refractivity contribution >= 4 is 11.6 Å². The third kappa shape index (κ3) is 3.18. The first kappa shape index (κ1) is 15.0. The molecule has 1 fully saturated rings. The molecule has 0 radical (unpaired) electrons. The van der Waals surface area contributed by atoms with Crippen molar-refractivity contribution in [2.75, 3.05) is 18.4 Å². The summed E-state index contributed by atoms with van der Waals surface area (Å²) in [5.41, 5.74) is 0.886. The van der Waals surface area contributed by atoms with Gasteiger partial charge in [0.1, 0.15) is 5.82 Å². The highest BCUT2D eigenvalue weighted by Gasteiger charge is 2.38. The Bertz CT molecular complexity index is 476. The van der Waals surface area contributed by atoms with Gasteiger partial charge in [0.15, 0.2) is 0 Å². The number of benzene rings is 1. The summed E-state index contributed by atoms with van der Waals surface area (Å²) in [6.45, 7) is 5.68. The van der Waals surface area contributed by atoms with Gasteiger partial charge in [-0.3, -0.25) is 4.79 Å². The monoisotopic (exact) mass is 278 g/mol. The lowest BCUT2D eigenvalue weighted by Crippen LogP contribution is -2.45. The standard InChI is InChI=1S/C16H23FN2O/c1-3-6-16(7-9-18-10-8-16)15(20)19-14-11-12(2)4-5-13(14)17/h4-5,11,18H,3,6-10H2,1-2H3,(H,19,20). The minimum atomic E-state index is -0.371. The quantitative estimate of drug-likeness (QED) is 0.887. The van der Waals surface area contributed by atoms with Gasteiger partial charge in [0.25, 0.3) is 0 Å². The van der Waals surface area contributed by atoms with Crippen LogP contribution in [0.15, 0.2) is 18.2 Å². The van der Waals surface area contributed by atoms with Crippen molar-refractivity contribution in [1.29, 1.82) is 0 Å². The van der Waals surface area contributed by atoms with Gasteiger partial charge >= 0.3 is 0 Å². The molecule has 3 nitrogen and oxygen atoms in total. The molecule has 1 aromatic carbocycles. The summed E-state index contributed by atoms with van der Waals surface area (Å²) in [6, 6.07) is 4.80. The number of carbonyl (C=O) groups is 1. The van der Waals surface area contributed by atoms with Crippen molar-refractivity contribution in [3.63, 3.8) is 0 Å². The fourth-order valence-electron chi connectivity index (χ4n) is 2.96. The molecule has 0 bridgehead atoms. The van der Waals surface area contributed by atoms with Crippen LogP contribution in [0.3, 0.4) is 0 Å². The molecule has 1 aliphatic rings. The predicted octanol–water partition coefficient (Wildman–Crippen LogP) is 3.24. The minimum absolute atomic E-state index is 0.0367. The van der Waals surface area contributed by atoms with Crippen molar-refractivity contribution in [1.82, 2.24) is 5.32 Å². The molecule has 1 amide bonds. The zero-order valence-electron chi connectivity index (χ0n) is 12.3. The second kappa shape index (κ2) is 6.35. The van der Waals surface area contributed by atoms with Crippen molar-refractivity contribution in [2.45, 2.75) is 39.5 Å². The summed E-state index contributed by atoms with van der Waals surface area (Å²) in [6.07, 6.45) is 3.46. The topological polar surface area (TPSA) is 41.1 Å². The molecule has 0 saturated carbocycles. The fraction of sp³-hybridized carbons (Fsp3) is 0.562. The van der Waals surface area contributed by atoms with Gasteiger partial charge in [-0.2, -0.15) is 0 Å². The van der Waals surface area contributed by atoms with Crippen molar-refractivity contribution < 1.29 is 9.18 Å². The normalized spacial score (nSPS) is 17.8. The van der Waals surface area contributed by atoms with E-state index in [2.05, 4.69) is 17.6 Å². The molecule has 20 heavy (non-hydrogen) atoms.